The fourth-order valence-electron chi connectivity index (χ4n) is 5.52. The quantitative estimate of drug-likeness (QED) is 0.0662. The van der Waals surface area contributed by atoms with Gasteiger partial charge in [0, 0.05) is 50.2 Å². The second kappa shape index (κ2) is 17.8. The molecule has 0 N–H and O–H groups in total. The zero-order chi connectivity index (χ0) is 32.0. The number of rotatable bonds is 21. The molecule has 0 spiro atoms. The van der Waals surface area contributed by atoms with E-state index in [1.165, 1.54) is 18.4 Å². The first-order valence-electron chi connectivity index (χ1n) is 16.3. The molecular weight excluding hydrogens is 582 g/mol. The van der Waals surface area contributed by atoms with Crippen LogP contribution >= 0.6 is 0 Å². The number of fused-ring (bicyclic) bond motifs is 1. The fourth-order valence-corrected chi connectivity index (χ4v) is 8.13. The summed E-state index contributed by atoms with van der Waals surface area (Å²) < 4.78 is 58.1. The van der Waals surface area contributed by atoms with Gasteiger partial charge >= 0.3 is 14.4 Å². The maximum atomic E-state index is 14.6. The minimum atomic E-state index is -2.93. The molecule has 2 aromatic carbocycles. The first-order chi connectivity index (χ1) is 21.2. The minimum absolute atomic E-state index is 0.128. The van der Waals surface area contributed by atoms with E-state index >= 15 is 0 Å². The minimum Gasteiger partial charge on any atom is -0.493 e. The van der Waals surface area contributed by atoms with E-state index < -0.39 is 20.4 Å². The Morgan fingerprint density at radius 2 is 1.50 bits per heavy atom. The highest BCUT2D eigenvalue weighted by Crippen LogP contribution is 2.31. The number of hydrogen-bond donors (Lipinski definition) is 0. The summed E-state index contributed by atoms with van der Waals surface area (Å²) in [5.74, 6) is -2.35. The number of ether oxygens (including phenoxy) is 1. The highest BCUT2D eigenvalue weighted by atomic mass is 28.4. The molecule has 1 aromatic heterocycles. The van der Waals surface area contributed by atoms with Gasteiger partial charge in [0.15, 0.2) is 0 Å². The predicted octanol–water partition coefficient (Wildman–Crippen LogP) is 9.38. The van der Waals surface area contributed by atoms with Gasteiger partial charge in [-0.1, -0.05) is 44.9 Å². The first-order valence-corrected chi connectivity index (χ1v) is 18.3. The summed E-state index contributed by atoms with van der Waals surface area (Å²) in [6.45, 7) is 11.2. The summed E-state index contributed by atoms with van der Waals surface area (Å²) in [6, 6.07) is 13.8. The van der Waals surface area contributed by atoms with Crippen LogP contribution in [0.5, 0.6) is 5.75 Å². The Balaban J connectivity index is 1.58. The van der Waals surface area contributed by atoms with E-state index in [1.807, 2.05) is 39.0 Å². The van der Waals surface area contributed by atoms with Gasteiger partial charge in [-0.05, 0) is 87.8 Å². The summed E-state index contributed by atoms with van der Waals surface area (Å²) in [6.07, 6.45) is 5.29. The third-order valence-corrected chi connectivity index (χ3v) is 10.8. The van der Waals surface area contributed by atoms with Gasteiger partial charge < -0.3 is 22.4 Å². The second-order valence-electron chi connectivity index (χ2n) is 11.1. The molecule has 0 fully saturated rings. The van der Waals surface area contributed by atoms with Crippen molar-refractivity contribution in [2.24, 2.45) is 0 Å². The van der Waals surface area contributed by atoms with Crippen LogP contribution in [-0.4, -0.2) is 41.2 Å². The molecule has 3 aromatic rings. The molecule has 0 radical (unpaired) electrons. The van der Waals surface area contributed by atoms with Crippen molar-refractivity contribution >= 4 is 19.8 Å². The van der Waals surface area contributed by atoms with Crippen LogP contribution in [0.4, 0.5) is 8.78 Å². The molecule has 0 aliphatic carbocycles. The van der Waals surface area contributed by atoms with Crippen molar-refractivity contribution in [3.63, 3.8) is 0 Å². The highest BCUT2D eigenvalue weighted by Gasteiger charge is 2.41. The Labute approximate surface area is 262 Å². The largest absolute Gasteiger partial charge is 0.500 e. The van der Waals surface area contributed by atoms with Gasteiger partial charge in [0.05, 0.1) is 12.2 Å². The van der Waals surface area contributed by atoms with Crippen LogP contribution in [0.15, 0.2) is 51.7 Å². The molecule has 6 nitrogen and oxygen atoms in total. The van der Waals surface area contributed by atoms with Gasteiger partial charge in [-0.3, -0.25) is 0 Å². The molecular formula is C35H50F2O6Si. The highest BCUT2D eigenvalue weighted by molar-refractivity contribution is 6.60. The lowest BCUT2D eigenvalue weighted by Crippen LogP contribution is -2.46. The van der Waals surface area contributed by atoms with Crippen molar-refractivity contribution in [2.75, 3.05) is 26.4 Å². The zero-order valence-electron chi connectivity index (χ0n) is 27.1. The average molecular weight is 633 g/mol. The summed E-state index contributed by atoms with van der Waals surface area (Å²) in [5.41, 5.74) is 3.84. The Kier molecular flexibility index (Phi) is 14.5. The van der Waals surface area contributed by atoms with Crippen LogP contribution in [0, 0.1) is 0 Å². The number of halogens is 2. The summed E-state index contributed by atoms with van der Waals surface area (Å²) >= 11 is 0. The normalized spacial score (nSPS) is 12.2. The van der Waals surface area contributed by atoms with Crippen LogP contribution in [0.3, 0.4) is 0 Å². The van der Waals surface area contributed by atoms with Crippen LogP contribution in [0.2, 0.25) is 6.04 Å². The van der Waals surface area contributed by atoms with Crippen molar-refractivity contribution < 1.29 is 31.2 Å². The molecule has 0 aliphatic heterocycles. The van der Waals surface area contributed by atoms with Gasteiger partial charge in [0.1, 0.15) is 11.3 Å². The smallest absolute Gasteiger partial charge is 0.493 e. The topological polar surface area (TPSA) is 67.1 Å². The van der Waals surface area contributed by atoms with Crippen molar-refractivity contribution in [1.82, 2.24) is 0 Å². The van der Waals surface area contributed by atoms with E-state index in [2.05, 4.69) is 26.0 Å². The number of alkyl halides is 2. The van der Waals surface area contributed by atoms with Gasteiger partial charge in [-0.15, -0.1) is 0 Å². The van der Waals surface area contributed by atoms with Crippen LogP contribution in [0.1, 0.15) is 90.7 Å². The van der Waals surface area contributed by atoms with Crippen molar-refractivity contribution in [3.05, 3.63) is 64.0 Å². The standard InChI is InChI=1S/C35H50F2O6Si/c1-6-11-12-15-27-16-19-31(28(7-2)24-27)32-25-29-17-18-30(26-33(29)43-34(32)38)39-22-13-20-35(36,37)21-14-23-44(40-8-3,41-9-4)42-10-5/h16-19,24-26H,6-15,20-23H2,1-5H3. The predicted molar refractivity (Wildman–Crippen MR) is 175 cm³/mol. The maximum Gasteiger partial charge on any atom is 0.500 e. The number of benzene rings is 2. The first kappa shape index (κ1) is 35.9. The Morgan fingerprint density at radius 3 is 2.16 bits per heavy atom. The van der Waals surface area contributed by atoms with E-state index in [-0.39, 0.29) is 32.3 Å². The Hall–Kier alpha value is -2.59. The molecule has 0 aliphatic rings. The van der Waals surface area contributed by atoms with Gasteiger partial charge in [0.2, 0.25) is 5.92 Å². The molecule has 0 amide bonds. The van der Waals surface area contributed by atoms with Gasteiger partial charge in [-0.25, -0.2) is 13.6 Å². The van der Waals surface area contributed by atoms with Crippen molar-refractivity contribution in [1.29, 1.82) is 0 Å². The van der Waals surface area contributed by atoms with Crippen LogP contribution < -0.4 is 10.4 Å². The van der Waals surface area contributed by atoms with E-state index in [9.17, 15) is 13.6 Å². The fraction of sp³-hybridized carbons (Fsp3) is 0.571. The molecule has 1 heterocycles. The number of hydrogen-bond acceptors (Lipinski definition) is 6. The van der Waals surface area contributed by atoms with Gasteiger partial charge in [-0.2, -0.15) is 0 Å². The summed E-state index contributed by atoms with van der Waals surface area (Å²) in [4.78, 5) is 13.0. The molecule has 3 rings (SSSR count). The molecule has 0 saturated heterocycles. The molecule has 244 valence electrons. The SMILES string of the molecule is CCCCCc1ccc(-c2cc3ccc(OCCCC(F)(F)CCC[Si](OCC)(OCC)OCC)cc3oc2=O)c(CC)c1. The van der Waals surface area contributed by atoms with E-state index in [1.54, 1.807) is 12.1 Å². The Morgan fingerprint density at radius 1 is 0.795 bits per heavy atom. The van der Waals surface area contributed by atoms with E-state index in [0.29, 0.717) is 42.8 Å². The lowest BCUT2D eigenvalue weighted by Gasteiger charge is -2.29. The average Bonchev–Trinajstić information content (AvgIpc) is 2.99. The Bertz CT molecular complexity index is 1340. The summed E-state index contributed by atoms with van der Waals surface area (Å²) in [5, 5.41) is 0.776. The third kappa shape index (κ3) is 10.5. The van der Waals surface area contributed by atoms with E-state index in [0.717, 1.165) is 35.8 Å². The van der Waals surface area contributed by atoms with E-state index in [4.69, 9.17) is 22.4 Å². The molecule has 0 saturated carbocycles. The maximum absolute atomic E-state index is 14.6. The summed E-state index contributed by atoms with van der Waals surface area (Å²) in [7, 11) is -2.93. The second-order valence-corrected chi connectivity index (χ2v) is 13.8. The van der Waals surface area contributed by atoms with Crippen molar-refractivity contribution in [2.45, 2.75) is 104 Å². The molecule has 0 unspecified atom stereocenters. The molecule has 0 atom stereocenters. The monoisotopic (exact) mass is 632 g/mol. The lowest BCUT2D eigenvalue weighted by atomic mass is 9.94. The molecule has 0 bridgehead atoms. The molecule has 9 heteroatoms. The molecule has 44 heavy (non-hydrogen) atoms. The van der Waals surface area contributed by atoms with Gasteiger partial charge in [0.25, 0.3) is 0 Å². The number of unbranched alkanes of at least 4 members (excludes halogenated alkanes) is 2. The van der Waals surface area contributed by atoms with Crippen molar-refractivity contribution in [3.8, 4) is 16.9 Å². The van der Waals surface area contributed by atoms with Crippen LogP contribution in [-0.2, 0) is 26.1 Å². The zero-order valence-corrected chi connectivity index (χ0v) is 28.1. The third-order valence-electron chi connectivity index (χ3n) is 7.69. The van der Waals surface area contributed by atoms with Crippen LogP contribution in [0.25, 0.3) is 22.1 Å². The number of aryl methyl sites for hydroxylation is 2. The lowest BCUT2D eigenvalue weighted by molar-refractivity contribution is -0.0226.